The number of aliphatic imine (C=N–C) groups is 1. The van der Waals surface area contributed by atoms with Gasteiger partial charge >= 0.3 is 5.97 Å². The van der Waals surface area contributed by atoms with Crippen molar-refractivity contribution in [3.8, 4) is 5.75 Å². The quantitative estimate of drug-likeness (QED) is 0.414. The zero-order valence-corrected chi connectivity index (χ0v) is 17.6. The monoisotopic (exact) mass is 433 g/mol. The number of nitro benzene ring substituents is 1. The van der Waals surface area contributed by atoms with Crippen LogP contribution in [0.1, 0.15) is 42.7 Å². The summed E-state index contributed by atoms with van der Waals surface area (Å²) < 4.78 is 4.97. The van der Waals surface area contributed by atoms with Gasteiger partial charge in [-0.2, -0.15) is 0 Å². The van der Waals surface area contributed by atoms with Crippen LogP contribution in [-0.2, 0) is 14.3 Å². The summed E-state index contributed by atoms with van der Waals surface area (Å²) in [5.41, 5.74) is 2.19. The molecule has 1 aliphatic carbocycles. The van der Waals surface area contributed by atoms with Crippen molar-refractivity contribution in [2.24, 2.45) is 10.9 Å². The van der Waals surface area contributed by atoms with Crippen LogP contribution < -0.4 is 5.11 Å². The number of nitrogens with zero attached hydrogens (tertiary/aromatic N) is 2. The molecule has 0 N–H and O–H groups in total. The number of benzene rings is 2. The molecule has 0 saturated heterocycles. The molecular weight excluding hydrogens is 412 g/mol. The average molecular weight is 433 g/mol. The molecule has 0 fully saturated rings. The van der Waals surface area contributed by atoms with Gasteiger partial charge < -0.3 is 9.84 Å². The lowest BCUT2D eigenvalue weighted by Gasteiger charge is -2.36. The maximum atomic E-state index is 13.4. The molecule has 1 heterocycles. The van der Waals surface area contributed by atoms with Crippen molar-refractivity contribution in [2.45, 2.75) is 31.6 Å². The summed E-state index contributed by atoms with van der Waals surface area (Å²) in [5, 5.41) is 23.3. The molecule has 0 amide bonds. The molecule has 0 radical (unpaired) electrons. The smallest absolute Gasteiger partial charge is 0.315 e. The van der Waals surface area contributed by atoms with Crippen LogP contribution in [0.2, 0.25) is 0 Å². The standard InChI is InChI=1S/C24H22N2O6/c1-13-21(24(29)32-2)22(15-8-9-19(27)18(11-15)26(30)31)23-17(25-13)10-16(12-20(23)28)14-6-4-3-5-7-14/h3-9,11,16,21-22,27H,10,12H2,1-2H3/p-1/t16-,21?,22-/m1/s1. The van der Waals surface area contributed by atoms with Crippen LogP contribution in [0.15, 0.2) is 64.8 Å². The van der Waals surface area contributed by atoms with E-state index in [0.29, 0.717) is 29.0 Å². The highest BCUT2D eigenvalue weighted by Gasteiger charge is 2.44. The van der Waals surface area contributed by atoms with Gasteiger partial charge in [0, 0.05) is 35.4 Å². The van der Waals surface area contributed by atoms with Crippen molar-refractivity contribution in [2.75, 3.05) is 7.11 Å². The van der Waals surface area contributed by atoms with Crippen LogP contribution in [-0.4, -0.2) is 29.5 Å². The van der Waals surface area contributed by atoms with Crippen molar-refractivity contribution in [3.63, 3.8) is 0 Å². The Morgan fingerprint density at radius 2 is 1.84 bits per heavy atom. The first-order valence-corrected chi connectivity index (χ1v) is 10.2. The lowest BCUT2D eigenvalue weighted by Crippen LogP contribution is -2.37. The third-order valence-electron chi connectivity index (χ3n) is 6.15. The topological polar surface area (TPSA) is 122 Å². The summed E-state index contributed by atoms with van der Waals surface area (Å²) in [6, 6.07) is 13.4. The third kappa shape index (κ3) is 3.68. The van der Waals surface area contributed by atoms with E-state index in [2.05, 4.69) is 4.99 Å². The van der Waals surface area contributed by atoms with Crippen LogP contribution >= 0.6 is 0 Å². The zero-order valence-electron chi connectivity index (χ0n) is 17.6. The first kappa shape index (κ1) is 21.4. The molecule has 0 aromatic heterocycles. The SMILES string of the molecule is COC(=O)C1C(C)=NC2=C(C(=O)C[C@H](c3ccccc3)C2)[C@@H]1c1ccc([O-])c([N+](=O)[O-])c1. The number of ether oxygens (including phenoxy) is 1. The summed E-state index contributed by atoms with van der Waals surface area (Å²) >= 11 is 0. The van der Waals surface area contributed by atoms with Gasteiger partial charge in [-0.15, -0.1) is 0 Å². The molecule has 2 aromatic rings. The van der Waals surface area contributed by atoms with Gasteiger partial charge in [-0.05, 0) is 36.1 Å². The van der Waals surface area contributed by atoms with Crippen LogP contribution in [0.5, 0.6) is 5.75 Å². The van der Waals surface area contributed by atoms with Crippen molar-refractivity contribution in [1.82, 2.24) is 0 Å². The molecule has 0 saturated carbocycles. The molecule has 4 rings (SSSR count). The molecule has 164 valence electrons. The molecule has 8 nitrogen and oxygen atoms in total. The van der Waals surface area contributed by atoms with Crippen LogP contribution in [0, 0.1) is 16.0 Å². The van der Waals surface area contributed by atoms with Gasteiger partial charge in [-0.25, -0.2) is 0 Å². The number of Topliss-reactive ketones (excluding diaryl/α,β-unsaturated/α-hetero) is 1. The summed E-state index contributed by atoms with van der Waals surface area (Å²) in [4.78, 5) is 41.3. The Hall–Kier alpha value is -3.81. The lowest BCUT2D eigenvalue weighted by molar-refractivity contribution is -0.398. The minimum atomic E-state index is -0.909. The van der Waals surface area contributed by atoms with E-state index >= 15 is 0 Å². The zero-order chi connectivity index (χ0) is 23.0. The number of rotatable bonds is 4. The van der Waals surface area contributed by atoms with E-state index in [1.807, 2.05) is 30.3 Å². The van der Waals surface area contributed by atoms with E-state index in [9.17, 15) is 24.8 Å². The highest BCUT2D eigenvalue weighted by Crippen LogP contribution is 2.47. The molecule has 0 bridgehead atoms. The first-order chi connectivity index (χ1) is 15.3. The number of hydrogen-bond acceptors (Lipinski definition) is 7. The number of carbonyl (C=O) groups excluding carboxylic acids is 2. The van der Waals surface area contributed by atoms with E-state index < -0.39 is 34.2 Å². The van der Waals surface area contributed by atoms with Gasteiger partial charge in [0.05, 0.1) is 12.0 Å². The Morgan fingerprint density at radius 1 is 1.12 bits per heavy atom. The maximum Gasteiger partial charge on any atom is 0.315 e. The summed E-state index contributed by atoms with van der Waals surface area (Å²) in [7, 11) is 1.24. The minimum absolute atomic E-state index is 0.0484. The molecule has 3 atom stereocenters. The van der Waals surface area contributed by atoms with Crippen molar-refractivity contribution < 1.29 is 24.4 Å². The summed E-state index contributed by atoms with van der Waals surface area (Å²) in [6.07, 6.45) is 0.748. The van der Waals surface area contributed by atoms with E-state index in [0.717, 1.165) is 17.7 Å². The van der Waals surface area contributed by atoms with Crippen LogP contribution in [0.25, 0.3) is 0 Å². The highest BCUT2D eigenvalue weighted by atomic mass is 16.6. The summed E-state index contributed by atoms with van der Waals surface area (Å²) in [5.74, 6) is -3.25. The van der Waals surface area contributed by atoms with E-state index in [1.54, 1.807) is 6.92 Å². The summed E-state index contributed by atoms with van der Waals surface area (Å²) in [6.45, 7) is 1.69. The minimum Gasteiger partial charge on any atom is -0.868 e. The van der Waals surface area contributed by atoms with Crippen molar-refractivity contribution in [3.05, 3.63) is 81.0 Å². The average Bonchev–Trinajstić information content (AvgIpc) is 2.78. The molecule has 2 aromatic carbocycles. The van der Waals surface area contributed by atoms with Gasteiger partial charge in [0.15, 0.2) is 5.78 Å². The molecule has 2 aliphatic rings. The first-order valence-electron chi connectivity index (χ1n) is 10.2. The number of ketones is 1. The molecular formula is C24H21N2O6-. The number of hydrogen-bond donors (Lipinski definition) is 0. The number of methoxy groups -OCH3 is 1. The largest absolute Gasteiger partial charge is 0.868 e. The number of carbonyl (C=O) groups is 2. The fourth-order valence-electron chi connectivity index (χ4n) is 4.68. The molecule has 1 aliphatic heterocycles. The van der Waals surface area contributed by atoms with Gasteiger partial charge in [-0.3, -0.25) is 24.7 Å². The number of nitro groups is 1. The Bertz CT molecular complexity index is 1170. The molecule has 1 unspecified atom stereocenters. The van der Waals surface area contributed by atoms with E-state index in [1.165, 1.54) is 13.2 Å². The number of esters is 1. The Balaban J connectivity index is 1.86. The van der Waals surface area contributed by atoms with Gasteiger partial charge in [0.1, 0.15) is 5.92 Å². The molecule has 8 heteroatoms. The highest BCUT2D eigenvalue weighted by molar-refractivity contribution is 6.09. The van der Waals surface area contributed by atoms with Gasteiger partial charge in [-0.1, -0.05) is 42.5 Å². The van der Waals surface area contributed by atoms with E-state index in [-0.39, 0.29) is 18.1 Å². The normalized spacial score (nSPS) is 22.8. The van der Waals surface area contributed by atoms with Crippen molar-refractivity contribution >= 4 is 23.2 Å². The second-order valence-corrected chi connectivity index (χ2v) is 8.02. The van der Waals surface area contributed by atoms with Crippen molar-refractivity contribution in [1.29, 1.82) is 0 Å². The van der Waals surface area contributed by atoms with Gasteiger partial charge in [0.25, 0.3) is 5.69 Å². The fourth-order valence-corrected chi connectivity index (χ4v) is 4.68. The Labute approximate surface area is 184 Å². The predicted molar refractivity (Wildman–Crippen MR) is 114 cm³/mol. The molecule has 32 heavy (non-hydrogen) atoms. The van der Waals surface area contributed by atoms with E-state index in [4.69, 9.17) is 4.74 Å². The second-order valence-electron chi connectivity index (χ2n) is 8.02. The Kier molecular flexibility index (Phi) is 5.61. The van der Waals surface area contributed by atoms with Crippen LogP contribution in [0.4, 0.5) is 5.69 Å². The van der Waals surface area contributed by atoms with Crippen LogP contribution in [0.3, 0.4) is 0 Å². The maximum absolute atomic E-state index is 13.4. The second kappa shape index (κ2) is 8.37. The molecule has 0 spiro atoms. The fraction of sp³-hybridized carbons (Fsp3) is 0.292. The lowest BCUT2D eigenvalue weighted by atomic mass is 9.69. The van der Waals surface area contributed by atoms with Gasteiger partial charge in [0.2, 0.25) is 0 Å². The number of allylic oxidation sites excluding steroid dienone is 2. The third-order valence-corrected chi connectivity index (χ3v) is 6.15. The Morgan fingerprint density at radius 3 is 2.50 bits per heavy atom. The predicted octanol–water partition coefficient (Wildman–Crippen LogP) is 3.42.